The first-order valence-electron chi connectivity index (χ1n) is 9.47. The lowest BCUT2D eigenvalue weighted by Crippen LogP contribution is -2.47. The van der Waals surface area contributed by atoms with Crippen LogP contribution < -0.4 is 15.4 Å². The zero-order valence-electron chi connectivity index (χ0n) is 15.9. The van der Waals surface area contributed by atoms with E-state index in [0.29, 0.717) is 58.1 Å². The van der Waals surface area contributed by atoms with Crippen molar-refractivity contribution in [3.05, 3.63) is 29.8 Å². The largest absolute Gasteiger partial charge is 0.491 e. The van der Waals surface area contributed by atoms with E-state index in [1.165, 1.54) is 0 Å². The Balaban J connectivity index is 1.53. The molecule has 156 valence electrons. The van der Waals surface area contributed by atoms with Gasteiger partial charge >= 0.3 is 12.0 Å². The molecule has 1 fully saturated rings. The molecule has 0 spiro atoms. The van der Waals surface area contributed by atoms with Crippen LogP contribution in [0.3, 0.4) is 0 Å². The van der Waals surface area contributed by atoms with Gasteiger partial charge in [-0.2, -0.15) is 0 Å². The van der Waals surface area contributed by atoms with Crippen molar-refractivity contribution in [3.63, 3.8) is 0 Å². The standard InChI is InChI=1S/C19H29N3O6/c23-16(13-20-7-8-21-19(26)22-9-11-27-12-10-22)14-28-17-4-1-15(2-5-17)3-6-18(24)25/h1-2,4-5,16,20,23H,3,6-14H2,(H,21,26)(H,24,25)/t16-/m1/s1. The minimum atomic E-state index is -0.823. The molecular formula is C19H29N3O6. The summed E-state index contributed by atoms with van der Waals surface area (Å²) in [5.74, 6) is -0.201. The van der Waals surface area contributed by atoms with Crippen molar-refractivity contribution in [1.82, 2.24) is 15.5 Å². The number of amides is 2. The van der Waals surface area contributed by atoms with E-state index >= 15 is 0 Å². The Hall–Kier alpha value is -2.36. The van der Waals surface area contributed by atoms with Crippen molar-refractivity contribution in [2.75, 3.05) is 52.5 Å². The van der Waals surface area contributed by atoms with Crippen LogP contribution in [-0.4, -0.2) is 85.8 Å². The summed E-state index contributed by atoms with van der Waals surface area (Å²) in [6, 6.07) is 7.07. The van der Waals surface area contributed by atoms with E-state index in [1.807, 2.05) is 12.1 Å². The van der Waals surface area contributed by atoms with E-state index in [-0.39, 0.29) is 19.1 Å². The maximum atomic E-state index is 11.9. The molecule has 2 rings (SSSR count). The van der Waals surface area contributed by atoms with Crippen molar-refractivity contribution >= 4 is 12.0 Å². The number of urea groups is 1. The second kappa shape index (κ2) is 12.2. The van der Waals surface area contributed by atoms with Crippen LogP contribution >= 0.6 is 0 Å². The van der Waals surface area contributed by atoms with Crippen LogP contribution in [0.1, 0.15) is 12.0 Å². The van der Waals surface area contributed by atoms with Crippen LogP contribution in [0.2, 0.25) is 0 Å². The monoisotopic (exact) mass is 395 g/mol. The highest BCUT2D eigenvalue weighted by molar-refractivity contribution is 5.74. The highest BCUT2D eigenvalue weighted by atomic mass is 16.5. The Morgan fingerprint density at radius 3 is 2.57 bits per heavy atom. The molecule has 28 heavy (non-hydrogen) atoms. The van der Waals surface area contributed by atoms with Gasteiger partial charge in [-0.25, -0.2) is 4.79 Å². The molecular weight excluding hydrogens is 366 g/mol. The number of hydrogen-bond donors (Lipinski definition) is 4. The van der Waals surface area contributed by atoms with Gasteiger partial charge in [-0.1, -0.05) is 12.1 Å². The number of carbonyl (C=O) groups is 2. The molecule has 9 nitrogen and oxygen atoms in total. The number of carboxylic acid groups (broad SMARTS) is 1. The molecule has 0 unspecified atom stereocenters. The number of aryl methyl sites for hydroxylation is 1. The second-order valence-corrected chi connectivity index (χ2v) is 6.54. The topological polar surface area (TPSA) is 120 Å². The fourth-order valence-corrected chi connectivity index (χ4v) is 2.66. The van der Waals surface area contributed by atoms with E-state index in [2.05, 4.69) is 10.6 Å². The normalized spacial score (nSPS) is 15.1. The number of aliphatic hydroxyl groups excluding tert-OH is 1. The SMILES string of the molecule is O=C(O)CCc1ccc(OC[C@H](O)CNCCNC(=O)N2CCOCC2)cc1. The molecule has 0 aliphatic carbocycles. The van der Waals surface area contributed by atoms with Crippen molar-refractivity contribution in [2.45, 2.75) is 18.9 Å². The van der Waals surface area contributed by atoms with Crippen LogP contribution in [0, 0.1) is 0 Å². The number of benzene rings is 1. The number of nitrogens with zero attached hydrogens (tertiary/aromatic N) is 1. The van der Waals surface area contributed by atoms with E-state index in [9.17, 15) is 14.7 Å². The number of ether oxygens (including phenoxy) is 2. The zero-order valence-corrected chi connectivity index (χ0v) is 15.9. The van der Waals surface area contributed by atoms with Crippen LogP contribution in [0.5, 0.6) is 5.75 Å². The Morgan fingerprint density at radius 2 is 1.89 bits per heavy atom. The molecule has 0 saturated carbocycles. The molecule has 1 saturated heterocycles. The number of aliphatic carboxylic acids is 1. The van der Waals surface area contributed by atoms with Gasteiger partial charge in [0, 0.05) is 39.1 Å². The average molecular weight is 395 g/mol. The third-order valence-corrected chi connectivity index (χ3v) is 4.25. The van der Waals surface area contributed by atoms with Gasteiger partial charge in [0.15, 0.2) is 0 Å². The van der Waals surface area contributed by atoms with Gasteiger partial charge < -0.3 is 35.2 Å². The molecule has 4 N–H and O–H groups in total. The molecule has 1 atom stereocenters. The predicted octanol–water partition coefficient (Wildman–Crippen LogP) is 0.0749. The van der Waals surface area contributed by atoms with Crippen molar-refractivity contribution < 1.29 is 29.3 Å². The van der Waals surface area contributed by atoms with Crippen LogP contribution in [0.25, 0.3) is 0 Å². The molecule has 1 heterocycles. The molecule has 0 aromatic heterocycles. The molecule has 1 aromatic carbocycles. The third kappa shape index (κ3) is 8.55. The lowest BCUT2D eigenvalue weighted by Gasteiger charge is -2.27. The Morgan fingerprint density at radius 1 is 1.18 bits per heavy atom. The minimum absolute atomic E-state index is 0.0947. The van der Waals surface area contributed by atoms with Crippen LogP contribution in [-0.2, 0) is 16.0 Å². The smallest absolute Gasteiger partial charge is 0.317 e. The van der Waals surface area contributed by atoms with E-state index in [0.717, 1.165) is 5.56 Å². The van der Waals surface area contributed by atoms with Crippen LogP contribution in [0.4, 0.5) is 4.79 Å². The van der Waals surface area contributed by atoms with Crippen molar-refractivity contribution in [2.24, 2.45) is 0 Å². The van der Waals surface area contributed by atoms with Crippen molar-refractivity contribution in [3.8, 4) is 5.75 Å². The summed E-state index contributed by atoms with van der Waals surface area (Å²) in [6.07, 6.45) is -0.108. The van der Waals surface area contributed by atoms with Crippen LogP contribution in [0.15, 0.2) is 24.3 Å². The molecule has 0 bridgehead atoms. The quantitative estimate of drug-likeness (QED) is 0.392. The first-order chi connectivity index (χ1) is 13.5. The maximum Gasteiger partial charge on any atom is 0.317 e. The number of aliphatic hydroxyl groups is 1. The van der Waals surface area contributed by atoms with Gasteiger partial charge in [0.05, 0.1) is 13.2 Å². The minimum Gasteiger partial charge on any atom is -0.491 e. The number of carboxylic acids is 1. The van der Waals surface area contributed by atoms with E-state index < -0.39 is 12.1 Å². The third-order valence-electron chi connectivity index (χ3n) is 4.25. The summed E-state index contributed by atoms with van der Waals surface area (Å²) in [4.78, 5) is 24.2. The molecule has 2 amide bonds. The first kappa shape index (κ1) is 21.9. The zero-order chi connectivity index (χ0) is 20.2. The number of rotatable bonds is 11. The second-order valence-electron chi connectivity index (χ2n) is 6.54. The Labute approximate surface area is 164 Å². The van der Waals surface area contributed by atoms with Gasteiger partial charge in [-0.15, -0.1) is 0 Å². The molecule has 1 aromatic rings. The fourth-order valence-electron chi connectivity index (χ4n) is 2.66. The van der Waals surface area contributed by atoms with Gasteiger partial charge in [-0.05, 0) is 24.1 Å². The number of morpholine rings is 1. The van der Waals surface area contributed by atoms with E-state index in [4.69, 9.17) is 14.6 Å². The summed E-state index contributed by atoms with van der Waals surface area (Å²) in [5, 5.41) is 24.5. The predicted molar refractivity (Wildman–Crippen MR) is 103 cm³/mol. The van der Waals surface area contributed by atoms with Gasteiger partial charge in [-0.3, -0.25) is 4.79 Å². The lowest BCUT2D eigenvalue weighted by atomic mass is 10.1. The first-order valence-corrected chi connectivity index (χ1v) is 9.47. The van der Waals surface area contributed by atoms with Gasteiger partial charge in [0.1, 0.15) is 18.5 Å². The number of carbonyl (C=O) groups excluding carboxylic acids is 1. The Bertz CT molecular complexity index is 604. The van der Waals surface area contributed by atoms with Gasteiger partial charge in [0.25, 0.3) is 0 Å². The molecule has 0 radical (unpaired) electrons. The summed E-state index contributed by atoms with van der Waals surface area (Å²) >= 11 is 0. The fraction of sp³-hybridized carbons (Fsp3) is 0.579. The summed E-state index contributed by atoms with van der Waals surface area (Å²) in [6.45, 7) is 3.87. The van der Waals surface area contributed by atoms with Crippen molar-refractivity contribution in [1.29, 1.82) is 0 Å². The molecule has 1 aliphatic heterocycles. The molecule has 9 heteroatoms. The summed E-state index contributed by atoms with van der Waals surface area (Å²) in [5.41, 5.74) is 0.927. The summed E-state index contributed by atoms with van der Waals surface area (Å²) in [7, 11) is 0. The number of hydrogen-bond acceptors (Lipinski definition) is 6. The average Bonchev–Trinajstić information content (AvgIpc) is 2.71. The number of nitrogens with one attached hydrogen (secondary N) is 2. The lowest BCUT2D eigenvalue weighted by molar-refractivity contribution is -0.136. The van der Waals surface area contributed by atoms with Gasteiger partial charge in [0.2, 0.25) is 0 Å². The highest BCUT2D eigenvalue weighted by Crippen LogP contribution is 2.13. The highest BCUT2D eigenvalue weighted by Gasteiger charge is 2.15. The molecule has 1 aliphatic rings. The Kier molecular flexibility index (Phi) is 9.53. The maximum absolute atomic E-state index is 11.9. The summed E-state index contributed by atoms with van der Waals surface area (Å²) < 4.78 is 10.7. The van der Waals surface area contributed by atoms with E-state index in [1.54, 1.807) is 17.0 Å².